The molecule has 0 saturated carbocycles. The number of halogens is 1. The van der Waals surface area contributed by atoms with E-state index in [-0.39, 0.29) is 5.54 Å². The third kappa shape index (κ3) is 1.89. The minimum atomic E-state index is -0.0955. The molecule has 3 nitrogen and oxygen atoms in total. The number of hydrogen-bond donors (Lipinski definition) is 0. The second-order valence-electron chi connectivity index (χ2n) is 6.31. The summed E-state index contributed by atoms with van der Waals surface area (Å²) < 4.78 is 2.22. The zero-order chi connectivity index (χ0) is 15.3. The van der Waals surface area contributed by atoms with Gasteiger partial charge in [0.1, 0.15) is 0 Å². The van der Waals surface area contributed by atoms with E-state index in [0.29, 0.717) is 5.02 Å². The number of hydrogen-bond acceptors (Lipinski definition) is 2. The van der Waals surface area contributed by atoms with Gasteiger partial charge in [-0.1, -0.05) is 48.0 Å². The van der Waals surface area contributed by atoms with Crippen LogP contribution in [0.4, 0.5) is 0 Å². The second kappa shape index (κ2) is 4.68. The maximum atomic E-state index is 6.37. The lowest BCUT2D eigenvalue weighted by Gasteiger charge is -2.34. The molecule has 0 aliphatic carbocycles. The molecule has 4 heteroatoms. The number of fused-ring (bicyclic) bond motifs is 3. The third-order valence-electron chi connectivity index (χ3n) is 4.26. The van der Waals surface area contributed by atoms with Crippen molar-refractivity contribution in [2.24, 2.45) is 0 Å². The molecule has 0 atom stereocenters. The monoisotopic (exact) mass is 309 g/mol. The number of rotatable bonds is 1. The van der Waals surface area contributed by atoms with Gasteiger partial charge in [0, 0.05) is 16.7 Å². The van der Waals surface area contributed by atoms with Crippen molar-refractivity contribution in [2.75, 3.05) is 0 Å². The fourth-order valence-electron chi connectivity index (χ4n) is 3.29. The molecule has 1 aliphatic heterocycles. The third-order valence-corrected chi connectivity index (χ3v) is 4.59. The van der Waals surface area contributed by atoms with Crippen molar-refractivity contribution in [3.63, 3.8) is 0 Å². The van der Waals surface area contributed by atoms with E-state index >= 15 is 0 Å². The lowest BCUT2D eigenvalue weighted by atomic mass is 9.87. The summed E-state index contributed by atoms with van der Waals surface area (Å²) in [5, 5.41) is 9.62. The molecule has 0 spiro atoms. The quantitative estimate of drug-likeness (QED) is 0.660. The Morgan fingerprint density at radius 3 is 2.23 bits per heavy atom. The van der Waals surface area contributed by atoms with Crippen molar-refractivity contribution in [2.45, 2.75) is 25.8 Å². The summed E-state index contributed by atoms with van der Waals surface area (Å²) in [6, 6.07) is 16.2. The standard InChI is InChI=1S/C18H16ClN3/c1-18(2)11-12-7-3-4-8-13(12)16-20-21-17(22(16)18)14-9-5-6-10-15(14)19/h3-10H,11H2,1-2H3. The van der Waals surface area contributed by atoms with Gasteiger partial charge in [-0.05, 0) is 38.0 Å². The largest absolute Gasteiger partial charge is 0.301 e. The fourth-order valence-corrected chi connectivity index (χ4v) is 3.51. The predicted molar refractivity (Wildman–Crippen MR) is 88.9 cm³/mol. The number of benzene rings is 2. The summed E-state index contributed by atoms with van der Waals surface area (Å²) in [7, 11) is 0. The fraction of sp³-hybridized carbons (Fsp3) is 0.222. The van der Waals surface area contributed by atoms with Gasteiger partial charge in [0.25, 0.3) is 0 Å². The molecule has 0 saturated heterocycles. The minimum absolute atomic E-state index is 0.0955. The van der Waals surface area contributed by atoms with Gasteiger partial charge in [-0.3, -0.25) is 0 Å². The zero-order valence-corrected chi connectivity index (χ0v) is 13.3. The SMILES string of the molecule is CC1(C)Cc2ccccc2-c2nnc(-c3ccccc3Cl)n21. The summed E-state index contributed by atoms with van der Waals surface area (Å²) >= 11 is 6.37. The van der Waals surface area contributed by atoms with Gasteiger partial charge >= 0.3 is 0 Å². The van der Waals surface area contributed by atoms with Gasteiger partial charge < -0.3 is 4.57 Å². The molecule has 0 radical (unpaired) electrons. The lowest BCUT2D eigenvalue weighted by molar-refractivity contribution is 0.351. The second-order valence-corrected chi connectivity index (χ2v) is 6.72. The van der Waals surface area contributed by atoms with Crippen LogP contribution >= 0.6 is 11.6 Å². The molecule has 0 bridgehead atoms. The smallest absolute Gasteiger partial charge is 0.166 e. The van der Waals surface area contributed by atoms with E-state index in [1.165, 1.54) is 5.56 Å². The van der Waals surface area contributed by atoms with Crippen LogP contribution in [0.1, 0.15) is 19.4 Å². The summed E-state index contributed by atoms with van der Waals surface area (Å²) in [4.78, 5) is 0. The van der Waals surface area contributed by atoms with Crippen LogP contribution in [0.2, 0.25) is 5.02 Å². The van der Waals surface area contributed by atoms with Crippen LogP contribution in [-0.2, 0) is 12.0 Å². The average Bonchev–Trinajstić information content (AvgIpc) is 2.93. The normalized spacial score (nSPS) is 15.2. The minimum Gasteiger partial charge on any atom is -0.301 e. The Kier molecular flexibility index (Phi) is 2.88. The van der Waals surface area contributed by atoms with Crippen LogP contribution in [0, 0.1) is 0 Å². The molecule has 22 heavy (non-hydrogen) atoms. The molecule has 2 heterocycles. The topological polar surface area (TPSA) is 30.7 Å². The van der Waals surface area contributed by atoms with Gasteiger partial charge in [0.05, 0.1) is 5.02 Å². The molecule has 1 aromatic heterocycles. The zero-order valence-electron chi connectivity index (χ0n) is 12.5. The highest BCUT2D eigenvalue weighted by Gasteiger charge is 2.34. The Labute approximate surface area is 134 Å². The Bertz CT molecular complexity index is 864. The number of nitrogens with zero attached hydrogens (tertiary/aromatic N) is 3. The van der Waals surface area contributed by atoms with Crippen LogP contribution in [0.5, 0.6) is 0 Å². The Morgan fingerprint density at radius 1 is 0.909 bits per heavy atom. The first-order valence-electron chi connectivity index (χ1n) is 7.37. The Morgan fingerprint density at radius 2 is 1.50 bits per heavy atom. The van der Waals surface area contributed by atoms with Crippen molar-refractivity contribution in [1.29, 1.82) is 0 Å². The Balaban J connectivity index is 2.01. The van der Waals surface area contributed by atoms with Gasteiger partial charge in [-0.25, -0.2) is 0 Å². The van der Waals surface area contributed by atoms with Crippen LogP contribution in [0.15, 0.2) is 48.5 Å². The van der Waals surface area contributed by atoms with Gasteiger partial charge in [-0.15, -0.1) is 10.2 Å². The molecule has 110 valence electrons. The van der Waals surface area contributed by atoms with Crippen LogP contribution in [0.25, 0.3) is 22.8 Å². The van der Waals surface area contributed by atoms with Crippen LogP contribution < -0.4 is 0 Å². The molecule has 0 N–H and O–H groups in total. The summed E-state index contributed by atoms with van der Waals surface area (Å²) in [5.41, 5.74) is 3.31. The highest BCUT2D eigenvalue weighted by Crippen LogP contribution is 2.40. The van der Waals surface area contributed by atoms with E-state index in [2.05, 4.69) is 46.8 Å². The first-order valence-corrected chi connectivity index (χ1v) is 7.75. The van der Waals surface area contributed by atoms with E-state index in [1.54, 1.807) is 0 Å². The van der Waals surface area contributed by atoms with Gasteiger partial charge in [-0.2, -0.15) is 0 Å². The molecule has 4 rings (SSSR count). The van der Waals surface area contributed by atoms with Crippen molar-refractivity contribution in [1.82, 2.24) is 14.8 Å². The molecule has 0 unspecified atom stereocenters. The first-order chi connectivity index (χ1) is 10.6. The first kappa shape index (κ1) is 13.5. The highest BCUT2D eigenvalue weighted by atomic mass is 35.5. The van der Waals surface area contributed by atoms with Crippen LogP contribution in [0.3, 0.4) is 0 Å². The van der Waals surface area contributed by atoms with Crippen molar-refractivity contribution in [3.8, 4) is 22.8 Å². The van der Waals surface area contributed by atoms with Gasteiger partial charge in [0.15, 0.2) is 11.6 Å². The van der Waals surface area contributed by atoms with E-state index in [1.807, 2.05) is 30.3 Å². The van der Waals surface area contributed by atoms with E-state index in [0.717, 1.165) is 29.2 Å². The predicted octanol–water partition coefficient (Wildman–Crippen LogP) is 4.56. The summed E-state index contributed by atoms with van der Waals surface area (Å²) in [6.07, 6.45) is 0.950. The maximum absolute atomic E-state index is 6.37. The van der Waals surface area contributed by atoms with E-state index in [9.17, 15) is 0 Å². The number of aromatic nitrogens is 3. The molecular formula is C18H16ClN3. The lowest BCUT2D eigenvalue weighted by Crippen LogP contribution is -2.33. The highest BCUT2D eigenvalue weighted by molar-refractivity contribution is 6.33. The maximum Gasteiger partial charge on any atom is 0.166 e. The van der Waals surface area contributed by atoms with Crippen LogP contribution in [-0.4, -0.2) is 14.8 Å². The molecular weight excluding hydrogens is 294 g/mol. The summed E-state index contributed by atoms with van der Waals surface area (Å²) in [5.74, 6) is 1.75. The molecule has 0 fully saturated rings. The van der Waals surface area contributed by atoms with E-state index < -0.39 is 0 Å². The van der Waals surface area contributed by atoms with Gasteiger partial charge in [0.2, 0.25) is 0 Å². The van der Waals surface area contributed by atoms with Crippen molar-refractivity contribution in [3.05, 3.63) is 59.1 Å². The van der Waals surface area contributed by atoms with E-state index in [4.69, 9.17) is 11.6 Å². The molecule has 2 aromatic carbocycles. The Hall–Kier alpha value is -2.13. The molecule has 3 aromatic rings. The molecule has 1 aliphatic rings. The molecule has 0 amide bonds. The average molecular weight is 310 g/mol. The summed E-state index contributed by atoms with van der Waals surface area (Å²) in [6.45, 7) is 4.44. The van der Waals surface area contributed by atoms with Crippen molar-refractivity contribution < 1.29 is 0 Å². The van der Waals surface area contributed by atoms with Crippen molar-refractivity contribution >= 4 is 11.6 Å².